The van der Waals surface area contributed by atoms with Gasteiger partial charge >= 0.3 is 0 Å². The molecule has 3 nitrogen and oxygen atoms in total. The zero-order valence-corrected chi connectivity index (χ0v) is 10.6. The zero-order valence-electron chi connectivity index (χ0n) is 10.6. The maximum absolute atomic E-state index is 12.2. The zero-order chi connectivity index (χ0) is 11.6. The molecule has 2 saturated carbocycles. The Morgan fingerprint density at radius 1 is 1.44 bits per heavy atom. The fourth-order valence-electron chi connectivity index (χ4n) is 2.62. The Morgan fingerprint density at radius 3 is 2.56 bits per heavy atom. The molecule has 0 atom stereocenters. The summed E-state index contributed by atoms with van der Waals surface area (Å²) in [6.07, 6.45) is 7.50. The molecule has 0 bridgehead atoms. The molecule has 2 aliphatic carbocycles. The van der Waals surface area contributed by atoms with Crippen molar-refractivity contribution in [3.8, 4) is 0 Å². The number of carbonyl (C=O) groups excluding carboxylic acids is 1. The summed E-state index contributed by atoms with van der Waals surface area (Å²) in [5, 5.41) is 3.15. The minimum absolute atomic E-state index is 0.0386. The van der Waals surface area contributed by atoms with Crippen LogP contribution < -0.4 is 5.32 Å². The minimum atomic E-state index is -0.0386. The number of amides is 1. The molecule has 2 aliphatic rings. The van der Waals surface area contributed by atoms with E-state index >= 15 is 0 Å². The molecule has 16 heavy (non-hydrogen) atoms. The summed E-state index contributed by atoms with van der Waals surface area (Å²) in [6, 6.07) is 0. The first-order chi connectivity index (χ1) is 7.68. The van der Waals surface area contributed by atoms with Crippen molar-refractivity contribution in [2.75, 3.05) is 27.2 Å². The third kappa shape index (κ3) is 2.40. The molecule has 0 spiro atoms. The lowest BCUT2D eigenvalue weighted by molar-refractivity contribution is -0.135. The fraction of sp³-hybridized carbons (Fsp3) is 0.923. The van der Waals surface area contributed by atoms with Gasteiger partial charge in [-0.3, -0.25) is 4.79 Å². The second kappa shape index (κ2) is 4.74. The van der Waals surface area contributed by atoms with Crippen molar-refractivity contribution in [3.63, 3.8) is 0 Å². The molecule has 0 aliphatic heterocycles. The highest BCUT2D eigenvalue weighted by atomic mass is 16.2. The highest BCUT2D eigenvalue weighted by Gasteiger charge is 2.50. The Hall–Kier alpha value is -0.570. The van der Waals surface area contributed by atoms with Gasteiger partial charge in [0.05, 0.1) is 5.41 Å². The second-order valence-electron chi connectivity index (χ2n) is 5.62. The molecule has 0 aromatic heterocycles. The number of hydrogen-bond acceptors (Lipinski definition) is 2. The van der Waals surface area contributed by atoms with Gasteiger partial charge in [-0.25, -0.2) is 0 Å². The maximum atomic E-state index is 12.2. The van der Waals surface area contributed by atoms with Gasteiger partial charge in [0.2, 0.25) is 5.91 Å². The van der Waals surface area contributed by atoms with Crippen molar-refractivity contribution < 1.29 is 4.79 Å². The third-order valence-corrected chi connectivity index (χ3v) is 4.27. The van der Waals surface area contributed by atoms with Crippen LogP contribution in [0.1, 0.15) is 38.5 Å². The van der Waals surface area contributed by atoms with Gasteiger partial charge in [-0.2, -0.15) is 0 Å². The molecular weight excluding hydrogens is 200 g/mol. The lowest BCUT2D eigenvalue weighted by Gasteiger charge is -2.29. The minimum Gasteiger partial charge on any atom is -0.345 e. The molecule has 1 amide bonds. The van der Waals surface area contributed by atoms with Gasteiger partial charge in [0.1, 0.15) is 0 Å². The molecule has 0 saturated heterocycles. The number of nitrogens with zero attached hydrogens (tertiary/aromatic N) is 1. The van der Waals surface area contributed by atoms with Crippen molar-refractivity contribution in [1.82, 2.24) is 10.2 Å². The van der Waals surface area contributed by atoms with Crippen LogP contribution in [-0.4, -0.2) is 38.0 Å². The smallest absolute Gasteiger partial charge is 0.229 e. The van der Waals surface area contributed by atoms with Crippen LogP contribution in [0.4, 0.5) is 0 Å². The van der Waals surface area contributed by atoms with E-state index in [1.54, 1.807) is 0 Å². The highest BCUT2D eigenvalue weighted by molar-refractivity contribution is 5.85. The van der Waals surface area contributed by atoms with Gasteiger partial charge in [0, 0.05) is 20.1 Å². The van der Waals surface area contributed by atoms with E-state index in [1.165, 1.54) is 25.7 Å². The summed E-state index contributed by atoms with van der Waals surface area (Å²) in [4.78, 5) is 14.2. The van der Waals surface area contributed by atoms with Crippen molar-refractivity contribution >= 4 is 5.91 Å². The first kappa shape index (κ1) is 11.9. The van der Waals surface area contributed by atoms with Gasteiger partial charge in [-0.15, -0.1) is 0 Å². The lowest BCUT2D eigenvalue weighted by atomic mass is 9.83. The SMILES string of the molecule is CNCC1(C(=O)N(C)CCC2CCC2)CC1. The number of hydrogen-bond donors (Lipinski definition) is 1. The van der Waals surface area contributed by atoms with E-state index in [4.69, 9.17) is 0 Å². The molecule has 0 aromatic rings. The van der Waals surface area contributed by atoms with Crippen molar-refractivity contribution in [1.29, 1.82) is 0 Å². The Morgan fingerprint density at radius 2 is 2.12 bits per heavy atom. The first-order valence-corrected chi connectivity index (χ1v) is 6.58. The van der Waals surface area contributed by atoms with Crippen molar-refractivity contribution in [2.24, 2.45) is 11.3 Å². The van der Waals surface area contributed by atoms with Gasteiger partial charge in [0.15, 0.2) is 0 Å². The molecule has 0 aromatic carbocycles. The second-order valence-corrected chi connectivity index (χ2v) is 5.62. The van der Waals surface area contributed by atoms with Crippen molar-refractivity contribution in [2.45, 2.75) is 38.5 Å². The van der Waals surface area contributed by atoms with Crippen LogP contribution in [-0.2, 0) is 4.79 Å². The van der Waals surface area contributed by atoms with E-state index in [9.17, 15) is 4.79 Å². The van der Waals surface area contributed by atoms with Gasteiger partial charge in [-0.1, -0.05) is 19.3 Å². The van der Waals surface area contributed by atoms with Crippen LogP contribution in [0.3, 0.4) is 0 Å². The van der Waals surface area contributed by atoms with Gasteiger partial charge in [0.25, 0.3) is 0 Å². The number of nitrogens with one attached hydrogen (secondary N) is 1. The average molecular weight is 224 g/mol. The molecule has 1 N–H and O–H groups in total. The fourth-order valence-corrected chi connectivity index (χ4v) is 2.62. The molecule has 0 heterocycles. The Labute approximate surface area is 98.6 Å². The van der Waals surface area contributed by atoms with E-state index < -0.39 is 0 Å². The van der Waals surface area contributed by atoms with Crippen LogP contribution in [0, 0.1) is 11.3 Å². The van der Waals surface area contributed by atoms with E-state index in [-0.39, 0.29) is 5.41 Å². The quantitative estimate of drug-likeness (QED) is 0.744. The van der Waals surface area contributed by atoms with Gasteiger partial charge < -0.3 is 10.2 Å². The molecule has 92 valence electrons. The standard InChI is InChI=1S/C13H24N2O/c1-14-10-13(7-8-13)12(16)15(2)9-6-11-4-3-5-11/h11,14H,3-10H2,1-2H3. The van der Waals surface area contributed by atoms with Crippen LogP contribution >= 0.6 is 0 Å². The largest absolute Gasteiger partial charge is 0.345 e. The predicted octanol–water partition coefficient (Wildman–Crippen LogP) is 1.63. The predicted molar refractivity (Wildman–Crippen MR) is 65.2 cm³/mol. The van der Waals surface area contributed by atoms with Crippen LogP contribution in [0.25, 0.3) is 0 Å². The lowest BCUT2D eigenvalue weighted by Crippen LogP contribution is -2.40. The van der Waals surface area contributed by atoms with Crippen LogP contribution in [0.15, 0.2) is 0 Å². The molecule has 0 unspecified atom stereocenters. The third-order valence-electron chi connectivity index (χ3n) is 4.27. The Balaban J connectivity index is 1.75. The molecule has 2 fully saturated rings. The summed E-state index contributed by atoms with van der Waals surface area (Å²) in [5.41, 5.74) is -0.0386. The Kier molecular flexibility index (Phi) is 3.53. The molecule has 3 heteroatoms. The van der Waals surface area contributed by atoms with Crippen LogP contribution in [0.5, 0.6) is 0 Å². The molecular formula is C13H24N2O. The molecule has 2 rings (SSSR count). The first-order valence-electron chi connectivity index (χ1n) is 6.58. The summed E-state index contributed by atoms with van der Waals surface area (Å²) >= 11 is 0. The number of carbonyl (C=O) groups is 1. The Bertz CT molecular complexity index is 257. The summed E-state index contributed by atoms with van der Waals surface area (Å²) in [6.45, 7) is 1.80. The van der Waals surface area contributed by atoms with E-state index in [1.807, 2.05) is 19.0 Å². The highest BCUT2D eigenvalue weighted by Crippen LogP contribution is 2.46. The van der Waals surface area contributed by atoms with E-state index in [0.29, 0.717) is 5.91 Å². The molecule has 0 radical (unpaired) electrons. The van der Waals surface area contributed by atoms with Crippen LogP contribution in [0.2, 0.25) is 0 Å². The number of rotatable bonds is 6. The van der Waals surface area contributed by atoms with E-state index in [2.05, 4.69) is 5.32 Å². The monoisotopic (exact) mass is 224 g/mol. The van der Waals surface area contributed by atoms with E-state index in [0.717, 1.165) is 31.8 Å². The normalized spacial score (nSPS) is 22.6. The summed E-state index contributed by atoms with van der Waals surface area (Å²) < 4.78 is 0. The summed E-state index contributed by atoms with van der Waals surface area (Å²) in [7, 11) is 3.90. The maximum Gasteiger partial charge on any atom is 0.229 e. The van der Waals surface area contributed by atoms with Crippen molar-refractivity contribution in [3.05, 3.63) is 0 Å². The average Bonchev–Trinajstić information content (AvgIpc) is 2.96. The topological polar surface area (TPSA) is 32.3 Å². The summed E-state index contributed by atoms with van der Waals surface area (Å²) in [5.74, 6) is 1.26. The van der Waals surface area contributed by atoms with Gasteiger partial charge in [-0.05, 0) is 32.2 Å².